The summed E-state index contributed by atoms with van der Waals surface area (Å²) in [6, 6.07) is 10.5. The van der Waals surface area contributed by atoms with Gasteiger partial charge in [-0.2, -0.15) is 0 Å². The summed E-state index contributed by atoms with van der Waals surface area (Å²) in [4.78, 5) is 12.1. The summed E-state index contributed by atoms with van der Waals surface area (Å²) in [5.74, 6) is 0.0593. The minimum atomic E-state index is -0.186. The van der Waals surface area contributed by atoms with Crippen LogP contribution >= 0.6 is 0 Å². The Kier molecular flexibility index (Phi) is 6.21. The smallest absolute Gasteiger partial charge is 0.237 e. The van der Waals surface area contributed by atoms with Gasteiger partial charge in [-0.15, -0.1) is 0 Å². The lowest BCUT2D eigenvalue weighted by Gasteiger charge is -2.26. The average molecular weight is 276 g/mol. The molecule has 0 saturated carbocycles. The Hall–Kier alpha value is -1.35. The van der Waals surface area contributed by atoms with Crippen LogP contribution in [0, 0.1) is 0 Å². The molecule has 0 fully saturated rings. The number of hydrogen-bond donors (Lipinski definition) is 2. The highest BCUT2D eigenvalue weighted by molar-refractivity contribution is 5.81. The molecule has 2 N–H and O–H groups in total. The van der Waals surface area contributed by atoms with Gasteiger partial charge in [-0.1, -0.05) is 37.3 Å². The first-order chi connectivity index (χ1) is 9.31. The van der Waals surface area contributed by atoms with Crippen molar-refractivity contribution >= 4 is 5.91 Å². The fraction of sp³-hybridized carbons (Fsp3) is 0.588. The normalized spacial score (nSPS) is 14.7. The van der Waals surface area contributed by atoms with Crippen LogP contribution in [-0.2, 0) is 11.2 Å². The summed E-state index contributed by atoms with van der Waals surface area (Å²) in [6.45, 7) is 10.1. The molecule has 0 aliphatic rings. The fourth-order valence-corrected chi connectivity index (χ4v) is 2.13. The van der Waals surface area contributed by atoms with E-state index in [-0.39, 0.29) is 17.5 Å². The van der Waals surface area contributed by atoms with Crippen LogP contribution in [0.1, 0.15) is 46.6 Å². The molecule has 0 aromatic heterocycles. The van der Waals surface area contributed by atoms with Crippen molar-refractivity contribution in [1.82, 2.24) is 10.6 Å². The third kappa shape index (κ3) is 6.20. The maximum atomic E-state index is 12.1. The number of carbonyl (C=O) groups is 1. The fourth-order valence-electron chi connectivity index (χ4n) is 2.13. The number of benzene rings is 1. The highest BCUT2D eigenvalue weighted by Gasteiger charge is 2.21. The van der Waals surface area contributed by atoms with Crippen molar-refractivity contribution in [2.75, 3.05) is 0 Å². The molecule has 1 amide bonds. The van der Waals surface area contributed by atoms with Crippen LogP contribution in [0.2, 0.25) is 0 Å². The first-order valence-corrected chi connectivity index (χ1v) is 7.44. The van der Waals surface area contributed by atoms with Crippen molar-refractivity contribution in [1.29, 1.82) is 0 Å². The van der Waals surface area contributed by atoms with E-state index in [1.807, 2.05) is 33.8 Å². The first-order valence-electron chi connectivity index (χ1n) is 7.44. The van der Waals surface area contributed by atoms with E-state index in [9.17, 15) is 4.79 Å². The largest absolute Gasteiger partial charge is 0.350 e. The summed E-state index contributed by atoms with van der Waals surface area (Å²) in [7, 11) is 0. The Morgan fingerprint density at radius 1 is 1.20 bits per heavy atom. The molecule has 1 aromatic rings. The average Bonchev–Trinajstić information content (AvgIpc) is 2.37. The van der Waals surface area contributed by atoms with Crippen molar-refractivity contribution in [3.05, 3.63) is 35.9 Å². The number of amides is 1. The zero-order valence-corrected chi connectivity index (χ0v) is 13.4. The predicted octanol–water partition coefficient (Wildman–Crippen LogP) is 2.90. The first kappa shape index (κ1) is 16.7. The minimum Gasteiger partial charge on any atom is -0.350 e. The molecule has 2 unspecified atom stereocenters. The molecule has 0 aliphatic carbocycles. The molecule has 0 bridgehead atoms. The second-order valence-electron chi connectivity index (χ2n) is 6.42. The van der Waals surface area contributed by atoms with Gasteiger partial charge in [-0.05, 0) is 46.1 Å². The maximum absolute atomic E-state index is 12.1. The molecule has 0 spiro atoms. The molecule has 1 aromatic carbocycles. The highest BCUT2D eigenvalue weighted by Crippen LogP contribution is 2.07. The lowest BCUT2D eigenvalue weighted by atomic mass is 10.0. The van der Waals surface area contributed by atoms with Crippen molar-refractivity contribution in [2.45, 2.75) is 65.1 Å². The van der Waals surface area contributed by atoms with E-state index in [4.69, 9.17) is 0 Å². The van der Waals surface area contributed by atoms with E-state index >= 15 is 0 Å². The van der Waals surface area contributed by atoms with E-state index in [0.29, 0.717) is 6.04 Å². The number of rotatable bonds is 6. The van der Waals surface area contributed by atoms with Gasteiger partial charge < -0.3 is 10.6 Å². The van der Waals surface area contributed by atoms with Gasteiger partial charge in [-0.3, -0.25) is 4.79 Å². The molecule has 112 valence electrons. The molecule has 1 rings (SSSR count). The van der Waals surface area contributed by atoms with Gasteiger partial charge in [0.15, 0.2) is 0 Å². The zero-order valence-electron chi connectivity index (χ0n) is 13.4. The Morgan fingerprint density at radius 2 is 1.80 bits per heavy atom. The summed E-state index contributed by atoms with van der Waals surface area (Å²) in [5.41, 5.74) is 1.11. The second kappa shape index (κ2) is 7.44. The molecular weight excluding hydrogens is 248 g/mol. The third-order valence-corrected chi connectivity index (χ3v) is 3.19. The van der Waals surface area contributed by atoms with Gasteiger partial charge in [0.25, 0.3) is 0 Å². The van der Waals surface area contributed by atoms with Crippen LogP contribution < -0.4 is 10.6 Å². The molecule has 3 nitrogen and oxygen atoms in total. The third-order valence-electron chi connectivity index (χ3n) is 3.19. The molecular formula is C17H28N2O. The van der Waals surface area contributed by atoms with Gasteiger partial charge in [0, 0.05) is 11.6 Å². The summed E-state index contributed by atoms with van der Waals surface area (Å²) in [6.07, 6.45) is 1.95. The summed E-state index contributed by atoms with van der Waals surface area (Å²) < 4.78 is 0. The Bertz CT molecular complexity index is 409. The van der Waals surface area contributed by atoms with Gasteiger partial charge >= 0.3 is 0 Å². The van der Waals surface area contributed by atoms with E-state index in [1.165, 1.54) is 5.56 Å². The van der Waals surface area contributed by atoms with Gasteiger partial charge in [0.2, 0.25) is 5.91 Å². The molecule has 3 heteroatoms. The van der Waals surface area contributed by atoms with Crippen molar-refractivity contribution in [3.8, 4) is 0 Å². The van der Waals surface area contributed by atoms with Gasteiger partial charge in [0.05, 0.1) is 6.04 Å². The lowest BCUT2D eigenvalue weighted by Crippen LogP contribution is -2.52. The van der Waals surface area contributed by atoms with Crippen LogP contribution in [-0.4, -0.2) is 23.5 Å². The molecule has 0 heterocycles. The second-order valence-corrected chi connectivity index (χ2v) is 6.42. The van der Waals surface area contributed by atoms with Crippen molar-refractivity contribution < 1.29 is 4.79 Å². The highest BCUT2D eigenvalue weighted by atomic mass is 16.2. The quantitative estimate of drug-likeness (QED) is 0.839. The van der Waals surface area contributed by atoms with Gasteiger partial charge in [0.1, 0.15) is 0 Å². The van der Waals surface area contributed by atoms with E-state index in [1.54, 1.807) is 0 Å². The molecule has 0 aliphatic heterocycles. The predicted molar refractivity (Wildman–Crippen MR) is 84.7 cm³/mol. The van der Waals surface area contributed by atoms with Crippen LogP contribution in [0.4, 0.5) is 0 Å². The number of hydrogen-bond acceptors (Lipinski definition) is 2. The van der Waals surface area contributed by atoms with Crippen LogP contribution in [0.5, 0.6) is 0 Å². The van der Waals surface area contributed by atoms with Crippen molar-refractivity contribution in [2.24, 2.45) is 0 Å². The van der Waals surface area contributed by atoms with Crippen LogP contribution in [0.15, 0.2) is 30.3 Å². The van der Waals surface area contributed by atoms with E-state index in [0.717, 1.165) is 12.8 Å². The summed E-state index contributed by atoms with van der Waals surface area (Å²) >= 11 is 0. The van der Waals surface area contributed by atoms with E-state index in [2.05, 4.69) is 41.8 Å². The van der Waals surface area contributed by atoms with E-state index < -0.39 is 0 Å². The lowest BCUT2D eigenvalue weighted by molar-refractivity contribution is -0.124. The Labute approximate surface area is 123 Å². The van der Waals surface area contributed by atoms with Crippen LogP contribution in [0.25, 0.3) is 0 Å². The standard InChI is InChI=1S/C17H28N2O/c1-6-15(12-14-10-8-7-9-11-14)18-13(2)16(20)19-17(3,4)5/h7-11,13,15,18H,6,12H2,1-5H3,(H,19,20). The summed E-state index contributed by atoms with van der Waals surface area (Å²) in [5, 5.41) is 6.44. The zero-order chi connectivity index (χ0) is 15.2. The molecule has 2 atom stereocenters. The minimum absolute atomic E-state index is 0.0593. The maximum Gasteiger partial charge on any atom is 0.237 e. The Balaban J connectivity index is 2.53. The SMILES string of the molecule is CCC(Cc1ccccc1)NC(C)C(=O)NC(C)(C)C. The molecule has 0 saturated heterocycles. The monoisotopic (exact) mass is 276 g/mol. The van der Waals surface area contributed by atoms with Crippen LogP contribution in [0.3, 0.4) is 0 Å². The number of carbonyl (C=O) groups excluding carboxylic acids is 1. The topological polar surface area (TPSA) is 41.1 Å². The molecule has 0 radical (unpaired) electrons. The van der Waals surface area contributed by atoms with Gasteiger partial charge in [-0.25, -0.2) is 0 Å². The number of nitrogens with one attached hydrogen (secondary N) is 2. The Morgan fingerprint density at radius 3 is 2.30 bits per heavy atom. The molecule has 20 heavy (non-hydrogen) atoms. The van der Waals surface area contributed by atoms with Crippen molar-refractivity contribution in [3.63, 3.8) is 0 Å².